The van der Waals surface area contributed by atoms with Crippen LogP contribution >= 0.6 is 0 Å². The minimum absolute atomic E-state index is 0.0845. The zero-order valence-corrected chi connectivity index (χ0v) is 23.4. The van der Waals surface area contributed by atoms with E-state index in [2.05, 4.69) is 21.3 Å². The smallest absolute Gasteiger partial charge is 0.315 e. The molecule has 0 aliphatic heterocycles. The van der Waals surface area contributed by atoms with Gasteiger partial charge in [-0.1, -0.05) is 40.0 Å². The Labute approximate surface area is 226 Å². The molecule has 0 aromatic heterocycles. The molecule has 1 saturated carbocycles. The van der Waals surface area contributed by atoms with Gasteiger partial charge in [0.2, 0.25) is 11.7 Å². The fourth-order valence-electron chi connectivity index (χ4n) is 4.56. The summed E-state index contributed by atoms with van der Waals surface area (Å²) in [6, 6.07) is 2.93. The zero-order valence-electron chi connectivity index (χ0n) is 23.4. The van der Waals surface area contributed by atoms with Crippen molar-refractivity contribution < 1.29 is 28.7 Å². The average molecular weight is 533 g/mol. The van der Waals surface area contributed by atoms with Gasteiger partial charge in [-0.3, -0.25) is 14.4 Å². The molecule has 4 amide bonds. The lowest BCUT2D eigenvalue weighted by Gasteiger charge is -2.25. The van der Waals surface area contributed by atoms with Crippen molar-refractivity contribution in [3.8, 4) is 11.5 Å². The second-order valence-corrected chi connectivity index (χ2v) is 10.3. The number of benzene rings is 1. The van der Waals surface area contributed by atoms with E-state index in [4.69, 9.17) is 9.47 Å². The van der Waals surface area contributed by atoms with Crippen LogP contribution < -0.4 is 30.7 Å². The highest BCUT2D eigenvalue weighted by molar-refractivity contribution is 6.38. The number of hydrogen-bond acceptors (Lipinski definition) is 6. The van der Waals surface area contributed by atoms with Gasteiger partial charge in [0.1, 0.15) is 17.5 Å². The van der Waals surface area contributed by atoms with Gasteiger partial charge in [0.15, 0.2) is 0 Å². The third-order valence-electron chi connectivity index (χ3n) is 6.73. The molecule has 1 unspecified atom stereocenters. The summed E-state index contributed by atoms with van der Waals surface area (Å²) < 4.78 is 10.5. The van der Waals surface area contributed by atoms with Crippen LogP contribution in [0.1, 0.15) is 71.3 Å². The monoisotopic (exact) mass is 532 g/mol. The van der Waals surface area contributed by atoms with E-state index in [-0.39, 0.29) is 18.9 Å². The Morgan fingerprint density at radius 3 is 2.08 bits per heavy atom. The molecule has 2 rings (SSSR count). The molecule has 1 fully saturated rings. The standard InChI is InChI=1S/C28H44N4O6/c1-6-23(25(33)27(35)29-17-20-13-21(37-4)15-22(14-20)38-5)31-26(34)24(12-18(2)3)32-28(36)30-16-19-10-8-7-9-11-19/h13-15,18-19,23-24H,6-12,16-17H2,1-5H3,(H,29,35)(H,31,34)(H2,30,32,36)/t23?,24-/m0/s1. The second kappa shape index (κ2) is 15.8. The van der Waals surface area contributed by atoms with Gasteiger partial charge in [0.25, 0.3) is 5.91 Å². The molecule has 0 bridgehead atoms. The third kappa shape index (κ3) is 10.2. The molecule has 212 valence electrons. The number of amides is 4. The molecular formula is C28H44N4O6. The molecular weight excluding hydrogens is 488 g/mol. The van der Waals surface area contributed by atoms with E-state index in [1.54, 1.807) is 25.1 Å². The number of carbonyl (C=O) groups is 4. The number of ketones is 1. The van der Waals surface area contributed by atoms with E-state index >= 15 is 0 Å². The maximum atomic E-state index is 13.1. The highest BCUT2D eigenvalue weighted by Gasteiger charge is 2.29. The Bertz CT molecular complexity index is 923. The van der Waals surface area contributed by atoms with Crippen molar-refractivity contribution in [2.45, 2.75) is 84.3 Å². The summed E-state index contributed by atoms with van der Waals surface area (Å²) in [4.78, 5) is 51.1. The van der Waals surface area contributed by atoms with Crippen LogP contribution in [0.4, 0.5) is 4.79 Å². The Morgan fingerprint density at radius 1 is 0.895 bits per heavy atom. The van der Waals surface area contributed by atoms with E-state index < -0.39 is 35.7 Å². The molecule has 4 N–H and O–H groups in total. The summed E-state index contributed by atoms with van der Waals surface area (Å²) in [7, 11) is 3.05. The fourth-order valence-corrected chi connectivity index (χ4v) is 4.56. The molecule has 1 aromatic carbocycles. The molecule has 0 saturated heterocycles. The van der Waals surface area contributed by atoms with Gasteiger partial charge >= 0.3 is 6.03 Å². The van der Waals surface area contributed by atoms with Crippen molar-refractivity contribution >= 4 is 23.6 Å². The van der Waals surface area contributed by atoms with Crippen molar-refractivity contribution in [2.75, 3.05) is 20.8 Å². The Hall–Kier alpha value is -3.30. The van der Waals surface area contributed by atoms with Crippen LogP contribution in [0.2, 0.25) is 0 Å². The summed E-state index contributed by atoms with van der Waals surface area (Å²) >= 11 is 0. The predicted octanol–water partition coefficient (Wildman–Crippen LogP) is 3.08. The maximum absolute atomic E-state index is 13.1. The largest absolute Gasteiger partial charge is 0.497 e. The highest BCUT2D eigenvalue weighted by atomic mass is 16.5. The number of methoxy groups -OCH3 is 2. The fraction of sp³-hybridized carbons (Fsp3) is 0.643. The van der Waals surface area contributed by atoms with Gasteiger partial charge in [0.05, 0.1) is 20.3 Å². The number of urea groups is 1. The second-order valence-electron chi connectivity index (χ2n) is 10.3. The van der Waals surface area contributed by atoms with Crippen LogP contribution in [0.5, 0.6) is 11.5 Å². The SMILES string of the molecule is CCC(NC(=O)[C@H](CC(C)C)NC(=O)NCC1CCCCC1)C(=O)C(=O)NCc1cc(OC)cc(OC)c1. The van der Waals surface area contributed by atoms with Gasteiger partial charge < -0.3 is 30.7 Å². The molecule has 1 aromatic rings. The minimum atomic E-state index is -1.01. The van der Waals surface area contributed by atoms with Crippen LogP contribution in [0.15, 0.2) is 18.2 Å². The lowest BCUT2D eigenvalue weighted by atomic mass is 9.89. The first-order chi connectivity index (χ1) is 18.2. The molecule has 0 spiro atoms. The van der Waals surface area contributed by atoms with Gasteiger partial charge in [-0.05, 0) is 55.2 Å². The van der Waals surface area contributed by atoms with E-state index in [0.717, 1.165) is 12.8 Å². The first-order valence-corrected chi connectivity index (χ1v) is 13.5. The summed E-state index contributed by atoms with van der Waals surface area (Å²) in [5, 5.41) is 10.9. The van der Waals surface area contributed by atoms with Crippen molar-refractivity contribution in [3.05, 3.63) is 23.8 Å². The predicted molar refractivity (Wildman–Crippen MR) is 145 cm³/mol. The number of Topliss-reactive ketones (excluding diaryl/α,β-unsaturated/α-hetero) is 1. The molecule has 2 atom stereocenters. The topological polar surface area (TPSA) is 135 Å². The van der Waals surface area contributed by atoms with Crippen LogP contribution in [-0.2, 0) is 20.9 Å². The molecule has 38 heavy (non-hydrogen) atoms. The number of rotatable bonds is 14. The number of hydrogen-bond donors (Lipinski definition) is 4. The summed E-state index contributed by atoms with van der Waals surface area (Å²) in [5.41, 5.74) is 0.694. The highest BCUT2D eigenvalue weighted by Crippen LogP contribution is 2.23. The van der Waals surface area contributed by atoms with E-state index in [1.165, 1.54) is 33.5 Å². The Morgan fingerprint density at radius 2 is 1.53 bits per heavy atom. The molecule has 0 heterocycles. The normalized spacial score (nSPS) is 15.2. The summed E-state index contributed by atoms with van der Waals surface area (Å²) in [5.74, 6) is -0.334. The first-order valence-electron chi connectivity index (χ1n) is 13.5. The van der Waals surface area contributed by atoms with E-state index in [1.807, 2.05) is 13.8 Å². The summed E-state index contributed by atoms with van der Waals surface area (Å²) in [6.07, 6.45) is 6.43. The average Bonchev–Trinajstić information content (AvgIpc) is 2.92. The van der Waals surface area contributed by atoms with Gasteiger partial charge in [-0.15, -0.1) is 0 Å². The zero-order chi connectivity index (χ0) is 28.1. The van der Waals surface area contributed by atoms with E-state index in [0.29, 0.717) is 35.9 Å². The van der Waals surface area contributed by atoms with Crippen molar-refractivity contribution in [2.24, 2.45) is 11.8 Å². The maximum Gasteiger partial charge on any atom is 0.315 e. The van der Waals surface area contributed by atoms with E-state index in [9.17, 15) is 19.2 Å². The van der Waals surface area contributed by atoms with Gasteiger partial charge in [-0.2, -0.15) is 0 Å². The van der Waals surface area contributed by atoms with Gasteiger partial charge in [-0.25, -0.2) is 4.79 Å². The van der Waals surface area contributed by atoms with Crippen molar-refractivity contribution in [1.29, 1.82) is 0 Å². The lowest BCUT2D eigenvalue weighted by Crippen LogP contribution is -2.55. The third-order valence-corrected chi connectivity index (χ3v) is 6.73. The molecule has 1 aliphatic rings. The van der Waals surface area contributed by atoms with Crippen molar-refractivity contribution in [3.63, 3.8) is 0 Å². The number of ether oxygens (including phenoxy) is 2. The molecule has 10 heteroatoms. The summed E-state index contributed by atoms with van der Waals surface area (Å²) in [6.45, 7) is 6.28. The van der Waals surface area contributed by atoms with Crippen molar-refractivity contribution in [1.82, 2.24) is 21.3 Å². The molecule has 0 radical (unpaired) electrons. The lowest BCUT2D eigenvalue weighted by molar-refractivity contribution is -0.140. The minimum Gasteiger partial charge on any atom is -0.497 e. The number of carbonyl (C=O) groups excluding carboxylic acids is 4. The molecule has 1 aliphatic carbocycles. The Balaban J connectivity index is 1.94. The Kier molecular flexibility index (Phi) is 12.9. The van der Waals surface area contributed by atoms with Crippen LogP contribution in [0, 0.1) is 11.8 Å². The van der Waals surface area contributed by atoms with Crippen LogP contribution in [0.25, 0.3) is 0 Å². The number of nitrogens with one attached hydrogen (secondary N) is 4. The first kappa shape index (κ1) is 30.9. The van der Waals surface area contributed by atoms with Gasteiger partial charge in [0, 0.05) is 19.2 Å². The van der Waals surface area contributed by atoms with Crippen LogP contribution in [0.3, 0.4) is 0 Å². The van der Waals surface area contributed by atoms with Crippen LogP contribution in [-0.4, -0.2) is 56.5 Å². The molecule has 10 nitrogen and oxygen atoms in total. The quantitative estimate of drug-likeness (QED) is 0.272.